The van der Waals surface area contributed by atoms with Gasteiger partial charge < -0.3 is 4.57 Å². The van der Waals surface area contributed by atoms with Gasteiger partial charge >= 0.3 is 0 Å². The van der Waals surface area contributed by atoms with Crippen molar-refractivity contribution in [3.8, 4) is 0 Å². The number of Topliss-reactive ketones (excluding diaryl/α,β-unsaturated/α-hetero) is 1. The number of hydrogen-bond acceptors (Lipinski definition) is 2. The fourth-order valence-electron chi connectivity index (χ4n) is 2.70. The number of rotatable bonds is 4. The Labute approximate surface area is 123 Å². The standard InChI is InChI=1S/C18H16N2O/c21-18(14-4-5-14)16-7-9-20(12-16)11-13-3-6-17-15(10-13)2-1-8-19-17/h1-3,6-10,12,14H,4-5,11H2. The summed E-state index contributed by atoms with van der Waals surface area (Å²) in [6.07, 6.45) is 7.88. The van der Waals surface area contributed by atoms with Crippen LogP contribution < -0.4 is 0 Å². The van der Waals surface area contributed by atoms with Gasteiger partial charge in [-0.15, -0.1) is 0 Å². The van der Waals surface area contributed by atoms with Crippen LogP contribution in [0.5, 0.6) is 0 Å². The van der Waals surface area contributed by atoms with Crippen LogP contribution in [0.3, 0.4) is 0 Å². The third-order valence-electron chi connectivity index (χ3n) is 4.02. The summed E-state index contributed by atoms with van der Waals surface area (Å²) in [4.78, 5) is 16.4. The molecule has 4 rings (SSSR count). The van der Waals surface area contributed by atoms with Crippen molar-refractivity contribution in [3.63, 3.8) is 0 Å². The summed E-state index contributed by atoms with van der Waals surface area (Å²) in [7, 11) is 0. The van der Waals surface area contributed by atoms with Crippen molar-refractivity contribution in [2.45, 2.75) is 19.4 Å². The molecule has 0 radical (unpaired) electrons. The number of hydrogen-bond donors (Lipinski definition) is 0. The molecule has 2 heterocycles. The Morgan fingerprint density at radius 2 is 2.14 bits per heavy atom. The summed E-state index contributed by atoms with van der Waals surface area (Å²) in [6.45, 7) is 0.781. The van der Waals surface area contributed by atoms with Gasteiger partial charge in [0.25, 0.3) is 0 Å². The number of nitrogens with zero attached hydrogens (tertiary/aromatic N) is 2. The first kappa shape index (κ1) is 12.3. The lowest BCUT2D eigenvalue weighted by Gasteiger charge is -2.05. The van der Waals surface area contributed by atoms with Crippen LogP contribution in [-0.4, -0.2) is 15.3 Å². The molecule has 0 amide bonds. The topological polar surface area (TPSA) is 34.9 Å². The molecule has 3 nitrogen and oxygen atoms in total. The minimum absolute atomic E-state index is 0.285. The highest BCUT2D eigenvalue weighted by atomic mass is 16.1. The van der Waals surface area contributed by atoms with Gasteiger partial charge in [-0.3, -0.25) is 9.78 Å². The molecule has 0 N–H and O–H groups in total. The van der Waals surface area contributed by atoms with Gasteiger partial charge in [-0.2, -0.15) is 0 Å². The lowest BCUT2D eigenvalue weighted by atomic mass is 10.1. The van der Waals surface area contributed by atoms with Gasteiger partial charge in [-0.25, -0.2) is 0 Å². The molecule has 0 saturated heterocycles. The molecular weight excluding hydrogens is 260 g/mol. The van der Waals surface area contributed by atoms with Gasteiger partial charge in [0, 0.05) is 42.0 Å². The van der Waals surface area contributed by atoms with Crippen molar-refractivity contribution in [1.82, 2.24) is 9.55 Å². The lowest BCUT2D eigenvalue weighted by Crippen LogP contribution is -2.00. The highest BCUT2D eigenvalue weighted by Gasteiger charge is 2.30. The largest absolute Gasteiger partial charge is 0.349 e. The molecule has 1 saturated carbocycles. The minimum Gasteiger partial charge on any atom is -0.349 e. The second-order valence-corrected chi connectivity index (χ2v) is 5.74. The molecular formula is C18H16N2O. The molecule has 1 fully saturated rings. The molecule has 0 spiro atoms. The number of pyridine rings is 1. The first-order valence-corrected chi connectivity index (χ1v) is 7.33. The maximum absolute atomic E-state index is 12.0. The first-order chi connectivity index (χ1) is 10.3. The van der Waals surface area contributed by atoms with Gasteiger partial charge in [0.1, 0.15) is 0 Å². The van der Waals surface area contributed by atoms with E-state index in [1.54, 1.807) is 0 Å². The van der Waals surface area contributed by atoms with E-state index in [0.29, 0.717) is 5.78 Å². The Kier molecular flexibility index (Phi) is 2.85. The molecule has 2 aromatic heterocycles. The number of fused-ring (bicyclic) bond motifs is 1. The Hall–Kier alpha value is -2.42. The molecule has 0 bridgehead atoms. The minimum atomic E-state index is 0.285. The zero-order valence-electron chi connectivity index (χ0n) is 11.7. The monoisotopic (exact) mass is 276 g/mol. The van der Waals surface area contributed by atoms with Crippen molar-refractivity contribution in [3.05, 3.63) is 66.1 Å². The summed E-state index contributed by atoms with van der Waals surface area (Å²) in [6, 6.07) is 12.3. The normalized spacial score (nSPS) is 14.5. The third kappa shape index (κ3) is 2.47. The van der Waals surface area contributed by atoms with E-state index in [2.05, 4.69) is 27.8 Å². The van der Waals surface area contributed by atoms with Crippen molar-refractivity contribution in [1.29, 1.82) is 0 Å². The van der Waals surface area contributed by atoms with Gasteiger partial charge in [0.05, 0.1) is 5.52 Å². The van der Waals surface area contributed by atoms with E-state index in [1.165, 1.54) is 5.56 Å². The maximum Gasteiger partial charge on any atom is 0.167 e. The van der Waals surface area contributed by atoms with E-state index in [-0.39, 0.29) is 5.92 Å². The molecule has 21 heavy (non-hydrogen) atoms. The molecule has 0 atom stereocenters. The fourth-order valence-corrected chi connectivity index (χ4v) is 2.70. The van der Waals surface area contributed by atoms with E-state index in [0.717, 1.165) is 35.9 Å². The van der Waals surface area contributed by atoms with Gasteiger partial charge in [0.15, 0.2) is 5.78 Å². The van der Waals surface area contributed by atoms with E-state index in [4.69, 9.17) is 0 Å². The van der Waals surface area contributed by atoms with E-state index in [1.807, 2.05) is 36.8 Å². The van der Waals surface area contributed by atoms with Crippen LogP contribution >= 0.6 is 0 Å². The third-order valence-corrected chi connectivity index (χ3v) is 4.02. The number of carbonyl (C=O) groups is 1. The van der Waals surface area contributed by atoms with E-state index in [9.17, 15) is 4.79 Å². The van der Waals surface area contributed by atoms with Crippen LogP contribution in [0.25, 0.3) is 10.9 Å². The van der Waals surface area contributed by atoms with E-state index >= 15 is 0 Å². The summed E-state index contributed by atoms with van der Waals surface area (Å²) in [5.74, 6) is 0.587. The number of benzene rings is 1. The Bertz CT molecular complexity index is 815. The SMILES string of the molecule is O=C(c1ccn(Cc2ccc3ncccc3c2)c1)C1CC1. The number of ketones is 1. The molecule has 104 valence electrons. The Morgan fingerprint density at radius 1 is 1.24 bits per heavy atom. The van der Waals surface area contributed by atoms with Crippen LogP contribution in [0.1, 0.15) is 28.8 Å². The molecule has 1 aliphatic rings. The summed E-state index contributed by atoms with van der Waals surface area (Å²) < 4.78 is 2.08. The molecule has 0 unspecified atom stereocenters. The Morgan fingerprint density at radius 3 is 3.00 bits per heavy atom. The number of aromatic nitrogens is 2. The van der Waals surface area contributed by atoms with Gasteiger partial charge in [-0.1, -0.05) is 12.1 Å². The highest BCUT2D eigenvalue weighted by molar-refractivity contribution is 5.99. The summed E-state index contributed by atoms with van der Waals surface area (Å²) in [5.41, 5.74) is 3.08. The zero-order valence-corrected chi connectivity index (χ0v) is 11.7. The van der Waals surface area contributed by atoms with Crippen molar-refractivity contribution >= 4 is 16.7 Å². The van der Waals surface area contributed by atoms with Gasteiger partial charge in [-0.05, 0) is 42.7 Å². The van der Waals surface area contributed by atoms with Crippen LogP contribution in [0.2, 0.25) is 0 Å². The molecule has 3 heteroatoms. The van der Waals surface area contributed by atoms with Crippen LogP contribution in [0.15, 0.2) is 55.0 Å². The van der Waals surface area contributed by atoms with Crippen molar-refractivity contribution in [2.75, 3.05) is 0 Å². The quantitative estimate of drug-likeness (QED) is 0.681. The number of carbonyl (C=O) groups excluding carboxylic acids is 1. The molecule has 1 aliphatic carbocycles. The van der Waals surface area contributed by atoms with Gasteiger partial charge in [0.2, 0.25) is 0 Å². The van der Waals surface area contributed by atoms with Crippen LogP contribution in [-0.2, 0) is 6.54 Å². The molecule has 1 aromatic carbocycles. The van der Waals surface area contributed by atoms with Crippen LogP contribution in [0, 0.1) is 5.92 Å². The fraction of sp³-hybridized carbons (Fsp3) is 0.222. The lowest BCUT2D eigenvalue weighted by molar-refractivity contribution is 0.0967. The summed E-state index contributed by atoms with van der Waals surface area (Å²) in [5, 5.41) is 1.15. The zero-order chi connectivity index (χ0) is 14.2. The van der Waals surface area contributed by atoms with E-state index < -0.39 is 0 Å². The predicted octanol–water partition coefficient (Wildman–Crippen LogP) is 3.68. The van der Waals surface area contributed by atoms with Crippen LogP contribution in [0.4, 0.5) is 0 Å². The van der Waals surface area contributed by atoms with Crippen molar-refractivity contribution < 1.29 is 4.79 Å². The molecule has 0 aliphatic heterocycles. The van der Waals surface area contributed by atoms with Crippen molar-refractivity contribution in [2.24, 2.45) is 5.92 Å². The summed E-state index contributed by atoms with van der Waals surface area (Å²) >= 11 is 0. The second kappa shape index (κ2) is 4.85. The highest BCUT2D eigenvalue weighted by Crippen LogP contribution is 2.32. The maximum atomic E-state index is 12.0. The first-order valence-electron chi connectivity index (χ1n) is 7.33. The Balaban J connectivity index is 1.57. The predicted molar refractivity (Wildman–Crippen MR) is 82.3 cm³/mol. The average molecular weight is 276 g/mol. The molecule has 3 aromatic rings. The smallest absolute Gasteiger partial charge is 0.167 e. The second-order valence-electron chi connectivity index (χ2n) is 5.74. The average Bonchev–Trinajstić information content (AvgIpc) is 3.26.